The van der Waals surface area contributed by atoms with E-state index in [0.717, 1.165) is 77.2 Å². The summed E-state index contributed by atoms with van der Waals surface area (Å²) in [6.45, 7) is 8.16. The number of fused-ring (bicyclic) bond motifs is 6. The lowest BCUT2D eigenvalue weighted by Crippen LogP contribution is -1.98. The van der Waals surface area contributed by atoms with E-state index in [1.54, 1.807) is 0 Å². The predicted octanol–water partition coefficient (Wildman–Crippen LogP) is 11.5. The van der Waals surface area contributed by atoms with Crippen molar-refractivity contribution in [2.24, 2.45) is 0 Å². The third-order valence-corrected chi connectivity index (χ3v) is 9.61. The minimum atomic E-state index is 0.537. The first kappa shape index (κ1) is 28.8. The zero-order chi connectivity index (χ0) is 33.8. The highest BCUT2D eigenvalue weighted by Gasteiger charge is 2.20. The molecule has 0 N–H and O–H groups in total. The van der Waals surface area contributed by atoms with Crippen LogP contribution in [0, 0.1) is 29.2 Å². The molecule has 5 nitrogen and oxygen atoms in total. The molecule has 0 aliphatic rings. The number of hydrogen-bond donors (Lipinski definition) is 0. The van der Waals surface area contributed by atoms with Crippen molar-refractivity contribution >= 4 is 49.3 Å². The van der Waals surface area contributed by atoms with Crippen molar-refractivity contribution in [1.29, 1.82) is 10.5 Å². The molecule has 0 saturated heterocycles. The normalized spacial score (nSPS) is 11.1. The van der Waals surface area contributed by atoms with Gasteiger partial charge in [0.25, 0.3) is 0 Å². The summed E-state index contributed by atoms with van der Waals surface area (Å²) >= 11 is 0. The van der Waals surface area contributed by atoms with Crippen molar-refractivity contribution in [3.05, 3.63) is 174 Å². The lowest BCUT2D eigenvalue weighted by molar-refractivity contribution is 1.18. The maximum Gasteiger partial charge on any atom is 0.211 e. The van der Waals surface area contributed by atoms with E-state index in [0.29, 0.717) is 16.8 Å². The zero-order valence-electron chi connectivity index (χ0n) is 26.7. The lowest BCUT2D eigenvalue weighted by Gasteiger charge is -2.17. The highest BCUT2D eigenvalue weighted by Crippen LogP contribution is 2.42. The summed E-state index contributed by atoms with van der Waals surface area (Å²) in [4.78, 5) is 3.98. The molecule has 9 rings (SSSR count). The molecule has 0 atom stereocenters. The monoisotopic (exact) mass is 635 g/mol. The Morgan fingerprint density at radius 2 is 1.18 bits per heavy atom. The van der Waals surface area contributed by atoms with Crippen LogP contribution in [0.25, 0.3) is 82.1 Å². The summed E-state index contributed by atoms with van der Waals surface area (Å²) in [7, 11) is 0. The lowest BCUT2D eigenvalue weighted by atomic mass is 9.97. The van der Waals surface area contributed by atoms with Gasteiger partial charge in [0.2, 0.25) is 5.69 Å². The fraction of sp³-hybridized carbons (Fsp3) is 0. The first-order valence-corrected chi connectivity index (χ1v) is 16.3. The van der Waals surface area contributed by atoms with Gasteiger partial charge in [0.15, 0.2) is 0 Å². The largest absolute Gasteiger partial charge is 0.318 e. The van der Waals surface area contributed by atoms with E-state index in [4.69, 9.17) is 6.57 Å². The molecule has 5 heteroatoms. The number of benzene rings is 7. The summed E-state index contributed by atoms with van der Waals surface area (Å²) in [5.74, 6) is 0. The van der Waals surface area contributed by atoms with Crippen LogP contribution in [-0.4, -0.2) is 9.13 Å². The molecule has 0 unspecified atom stereocenters. The summed E-state index contributed by atoms with van der Waals surface area (Å²) in [5.41, 5.74) is 11.7. The minimum absolute atomic E-state index is 0.537. The van der Waals surface area contributed by atoms with Gasteiger partial charge in [-0.25, -0.2) is 4.85 Å². The third kappa shape index (κ3) is 4.31. The van der Waals surface area contributed by atoms with E-state index >= 15 is 0 Å². The molecule has 0 aliphatic heterocycles. The Kier molecular flexibility index (Phi) is 6.56. The minimum Gasteiger partial charge on any atom is -0.318 e. The number of para-hydroxylation sites is 3. The number of hydrogen-bond acceptors (Lipinski definition) is 2. The molecule has 2 heterocycles. The highest BCUT2D eigenvalue weighted by atomic mass is 15.0. The molecule has 0 bridgehead atoms. The average Bonchev–Trinajstić information content (AvgIpc) is 3.70. The molecule has 0 spiro atoms. The van der Waals surface area contributed by atoms with Crippen LogP contribution in [0.4, 0.5) is 5.69 Å². The molecule has 9 aromatic rings. The summed E-state index contributed by atoms with van der Waals surface area (Å²) in [5, 5.41) is 23.6. The predicted molar refractivity (Wildman–Crippen MR) is 202 cm³/mol. The third-order valence-electron chi connectivity index (χ3n) is 9.61. The smallest absolute Gasteiger partial charge is 0.211 e. The quantitative estimate of drug-likeness (QED) is 0.181. The van der Waals surface area contributed by atoms with E-state index in [2.05, 4.69) is 98.9 Å². The van der Waals surface area contributed by atoms with Crippen LogP contribution in [-0.2, 0) is 0 Å². The van der Waals surface area contributed by atoms with E-state index in [1.807, 2.05) is 78.9 Å². The molecule has 50 heavy (non-hydrogen) atoms. The van der Waals surface area contributed by atoms with Gasteiger partial charge >= 0.3 is 0 Å². The van der Waals surface area contributed by atoms with Gasteiger partial charge in [-0.3, -0.25) is 0 Å². The molecule has 0 aliphatic carbocycles. The fourth-order valence-electron chi connectivity index (χ4n) is 7.43. The highest BCUT2D eigenvalue weighted by molar-refractivity contribution is 6.13. The second-order valence-corrected chi connectivity index (χ2v) is 12.3. The summed E-state index contributed by atoms with van der Waals surface area (Å²) in [6, 6.07) is 55.6. The van der Waals surface area contributed by atoms with E-state index in [1.165, 1.54) is 0 Å². The first-order chi connectivity index (χ1) is 24.7. The van der Waals surface area contributed by atoms with Crippen LogP contribution in [0.15, 0.2) is 152 Å². The van der Waals surface area contributed by atoms with Gasteiger partial charge in [0, 0.05) is 27.2 Å². The molecule has 7 aromatic carbocycles. The van der Waals surface area contributed by atoms with Gasteiger partial charge in [0.05, 0.1) is 57.6 Å². The SMILES string of the molecule is [C-]#[N+]c1cccc(-c2cccc(-c3ccc(-n4c5ccccc5c5cc(C#N)ccc54)cc3)c2)c1-n1c2ccccc2c2c(C#N)cccc21. The Labute approximate surface area is 288 Å². The van der Waals surface area contributed by atoms with Crippen LogP contribution < -0.4 is 0 Å². The molecular weight excluding hydrogens is 611 g/mol. The second kappa shape index (κ2) is 11.4. The zero-order valence-corrected chi connectivity index (χ0v) is 26.7. The molecule has 0 saturated carbocycles. The van der Waals surface area contributed by atoms with Crippen molar-refractivity contribution < 1.29 is 0 Å². The van der Waals surface area contributed by atoms with Crippen LogP contribution in [0.5, 0.6) is 0 Å². The van der Waals surface area contributed by atoms with E-state index in [-0.39, 0.29) is 0 Å². The van der Waals surface area contributed by atoms with Crippen molar-refractivity contribution in [3.63, 3.8) is 0 Å². The van der Waals surface area contributed by atoms with E-state index < -0.39 is 0 Å². The van der Waals surface area contributed by atoms with Crippen LogP contribution in [0.2, 0.25) is 0 Å². The molecular formula is C45H25N5. The maximum absolute atomic E-state index is 10.0. The molecule has 0 fully saturated rings. The summed E-state index contributed by atoms with van der Waals surface area (Å²) < 4.78 is 4.39. The van der Waals surface area contributed by atoms with Gasteiger partial charge in [0.1, 0.15) is 0 Å². The molecule has 0 amide bonds. The number of aromatic nitrogens is 2. The van der Waals surface area contributed by atoms with Crippen LogP contribution >= 0.6 is 0 Å². The van der Waals surface area contributed by atoms with Crippen LogP contribution in [0.1, 0.15) is 11.1 Å². The van der Waals surface area contributed by atoms with Crippen molar-refractivity contribution in [2.45, 2.75) is 0 Å². The van der Waals surface area contributed by atoms with Gasteiger partial charge in [-0.2, -0.15) is 10.5 Å². The molecule has 0 radical (unpaired) electrons. The number of nitrogens with zero attached hydrogens (tertiary/aromatic N) is 5. The number of nitriles is 2. The first-order valence-electron chi connectivity index (χ1n) is 16.3. The average molecular weight is 636 g/mol. The van der Waals surface area contributed by atoms with Crippen molar-refractivity contribution in [3.8, 4) is 45.8 Å². The Balaban J connectivity index is 1.18. The van der Waals surface area contributed by atoms with Crippen LogP contribution in [0.3, 0.4) is 0 Å². The van der Waals surface area contributed by atoms with Crippen molar-refractivity contribution in [2.75, 3.05) is 0 Å². The summed E-state index contributed by atoms with van der Waals surface area (Å²) in [6.07, 6.45) is 0. The Hall–Kier alpha value is -7.39. The van der Waals surface area contributed by atoms with Crippen molar-refractivity contribution in [1.82, 2.24) is 9.13 Å². The maximum atomic E-state index is 10.0. The fourth-order valence-corrected chi connectivity index (χ4v) is 7.43. The van der Waals surface area contributed by atoms with Gasteiger partial charge < -0.3 is 9.13 Å². The molecule has 230 valence electrons. The Morgan fingerprint density at radius 1 is 0.500 bits per heavy atom. The van der Waals surface area contributed by atoms with Gasteiger partial charge in [-0.1, -0.05) is 91.0 Å². The Morgan fingerprint density at radius 3 is 1.96 bits per heavy atom. The van der Waals surface area contributed by atoms with E-state index in [9.17, 15) is 10.5 Å². The van der Waals surface area contributed by atoms with Gasteiger partial charge in [-0.15, -0.1) is 0 Å². The molecule has 2 aromatic heterocycles. The topological polar surface area (TPSA) is 61.8 Å². The Bertz CT molecular complexity index is 2960. The van der Waals surface area contributed by atoms with Gasteiger partial charge in [-0.05, 0) is 82.9 Å². The second-order valence-electron chi connectivity index (χ2n) is 12.3. The number of rotatable bonds is 4. The standard InChI is InChI=1S/C45H25N5/c1-48-39-15-8-14-35(45(39)50-41-17-5-3-13-37(41)44-33(28-47)11-7-18-43(44)50)32-10-6-9-31(26-32)30-20-22-34(23-21-30)49-40-16-4-2-12-36(40)38-25-29(27-46)19-24-42(38)49/h2-26H.